The number of hydrogen-bond acceptors (Lipinski definition) is 8. The number of likely N-dealkylation sites (tertiary alicyclic amines) is 1. The normalized spacial score (nSPS) is 35.7. The van der Waals surface area contributed by atoms with Gasteiger partial charge in [-0.15, -0.1) is 23.4 Å². The number of amides is 1. The van der Waals surface area contributed by atoms with E-state index in [0.717, 1.165) is 37.6 Å². The Kier molecular flexibility index (Phi) is 12.6. The van der Waals surface area contributed by atoms with Crippen LogP contribution in [0, 0.1) is 5.92 Å². The number of halogens is 1. The zero-order valence-corrected chi connectivity index (χ0v) is 24.3. The Hall–Kier alpha value is 0.683. The van der Waals surface area contributed by atoms with E-state index in [1.807, 2.05) is 11.9 Å². The van der Waals surface area contributed by atoms with Gasteiger partial charge in [-0.25, -0.2) is 4.57 Å². The first kappa shape index (κ1) is 30.7. The Labute approximate surface area is 211 Å². The second-order valence-corrected chi connectivity index (χ2v) is 11.1. The number of nitrogens with one attached hydrogen (secondary N) is 1. The first-order valence-electron chi connectivity index (χ1n) is 10.3. The molecule has 2 heterocycles. The molecule has 2 rings (SSSR count). The zero-order valence-electron chi connectivity index (χ0n) is 18.8. The maximum absolute atomic E-state index is 13.0. The van der Waals surface area contributed by atoms with Gasteiger partial charge in [-0.2, -0.15) is 0 Å². The number of alkyl halides is 1. The van der Waals surface area contributed by atoms with Crippen LogP contribution in [0.1, 0.15) is 33.1 Å². The van der Waals surface area contributed by atoms with Crippen LogP contribution >= 0.6 is 31.2 Å². The van der Waals surface area contributed by atoms with Gasteiger partial charge in [0.25, 0.3) is 0 Å². The molecule has 0 saturated carbocycles. The standard InChI is InChI=1S/C18H34ClN2O8PS.Zn/c1-5-6-10-7-11(21(3)8-10)17(24)20-12(9(2)19)15-13(22)14(23)16(18(28-15)31-4)29-30(25,26)27;/h9-16,18,22-23H,5-8H2,1-4H3,(H,20,24)(H2,25,26,27);/t9-,10+,11-,12+,13+,14-,15+,16+,18+;/m0./s1. The van der Waals surface area contributed by atoms with Crippen molar-refractivity contribution in [1.29, 1.82) is 0 Å². The largest absolute Gasteiger partial charge is 0.470 e. The molecule has 2 fully saturated rings. The summed E-state index contributed by atoms with van der Waals surface area (Å²) in [5.41, 5.74) is -0.992. The number of hydrogen-bond donors (Lipinski definition) is 5. The molecule has 0 aliphatic carbocycles. The van der Waals surface area contributed by atoms with Crippen LogP contribution in [0.5, 0.6) is 0 Å². The van der Waals surface area contributed by atoms with Crippen LogP contribution in [0.15, 0.2) is 0 Å². The summed E-state index contributed by atoms with van der Waals surface area (Å²) >= 11 is 7.38. The maximum Gasteiger partial charge on any atom is 0.470 e. The number of phosphoric ester groups is 1. The molecule has 10 nitrogen and oxygen atoms in total. The number of rotatable bonds is 9. The Balaban J connectivity index is 0.00000512. The number of phosphoric acid groups is 1. The van der Waals surface area contributed by atoms with Gasteiger partial charge in [0.1, 0.15) is 29.9 Å². The molecule has 0 bridgehead atoms. The molecule has 0 aromatic carbocycles. The predicted molar refractivity (Wildman–Crippen MR) is 118 cm³/mol. The molecule has 184 valence electrons. The van der Waals surface area contributed by atoms with Crippen LogP contribution in [0.25, 0.3) is 0 Å². The Morgan fingerprint density at radius 1 is 1.38 bits per heavy atom. The van der Waals surface area contributed by atoms with E-state index >= 15 is 0 Å². The van der Waals surface area contributed by atoms with Crippen molar-refractivity contribution in [2.75, 3.05) is 19.8 Å². The van der Waals surface area contributed by atoms with Gasteiger partial charge in [0.15, 0.2) is 0 Å². The minimum absolute atomic E-state index is 0. The summed E-state index contributed by atoms with van der Waals surface area (Å²) in [5, 5.41) is 23.4. The van der Waals surface area contributed by atoms with Gasteiger partial charge in [0, 0.05) is 26.0 Å². The summed E-state index contributed by atoms with van der Waals surface area (Å²) in [7, 11) is -3.04. The second kappa shape index (κ2) is 13.1. The fourth-order valence-electron chi connectivity index (χ4n) is 4.37. The summed E-state index contributed by atoms with van der Waals surface area (Å²) in [6, 6.07) is -1.18. The first-order valence-corrected chi connectivity index (χ1v) is 13.6. The van der Waals surface area contributed by atoms with E-state index in [-0.39, 0.29) is 31.4 Å². The molecule has 0 aromatic rings. The van der Waals surface area contributed by atoms with Crippen LogP contribution in [0.4, 0.5) is 0 Å². The summed E-state index contributed by atoms with van der Waals surface area (Å²) in [5.74, 6) is 0.195. The van der Waals surface area contributed by atoms with E-state index in [2.05, 4.69) is 16.8 Å². The number of aliphatic hydroxyl groups excluding tert-OH is 2. The molecule has 2 saturated heterocycles. The molecule has 32 heavy (non-hydrogen) atoms. The maximum atomic E-state index is 13.0. The van der Waals surface area contributed by atoms with E-state index in [1.54, 1.807) is 13.2 Å². The number of thioether (sulfide) groups is 1. The Morgan fingerprint density at radius 3 is 2.50 bits per heavy atom. The number of aliphatic hydroxyl groups is 2. The van der Waals surface area contributed by atoms with Crippen LogP contribution in [-0.2, 0) is 38.1 Å². The molecule has 0 spiro atoms. The van der Waals surface area contributed by atoms with Crippen LogP contribution in [0.2, 0.25) is 0 Å². The van der Waals surface area contributed by atoms with Gasteiger partial charge in [-0.3, -0.25) is 14.2 Å². The predicted octanol–water partition coefficient (Wildman–Crippen LogP) is 0.504. The third-order valence-corrected chi connectivity index (χ3v) is 7.50. The summed E-state index contributed by atoms with van der Waals surface area (Å²) in [6.45, 7) is 4.57. The molecule has 9 atom stereocenters. The van der Waals surface area contributed by atoms with E-state index in [1.165, 1.54) is 0 Å². The first-order chi connectivity index (χ1) is 14.4. The molecule has 14 heteroatoms. The molecule has 0 aromatic heterocycles. The second-order valence-electron chi connectivity index (χ2n) is 8.30. The third kappa shape index (κ3) is 7.85. The van der Waals surface area contributed by atoms with Crippen molar-refractivity contribution < 1.29 is 58.1 Å². The summed E-state index contributed by atoms with van der Waals surface area (Å²) in [6.07, 6.45) is -1.37. The van der Waals surface area contributed by atoms with Gasteiger partial charge in [0.05, 0.1) is 17.5 Å². The monoisotopic (exact) mass is 568 g/mol. The molecule has 5 N–H and O–H groups in total. The van der Waals surface area contributed by atoms with Crippen LogP contribution in [-0.4, -0.2) is 98.0 Å². The van der Waals surface area contributed by atoms with Crippen molar-refractivity contribution in [3.8, 4) is 0 Å². The smallest absolute Gasteiger partial charge is 0.388 e. The SMILES string of the molecule is CCC[C@@H]1C[C@@H](C(=O)N[C@@H]([C@H]2O[C@H](SC)[C@H](OP(=O)(O)O)[C@@H](O)[C@H]2O)[C@H](C)Cl)N(C)C1.[Zn]. The molecule has 0 unspecified atom stereocenters. The van der Waals surface area contributed by atoms with Gasteiger partial charge in [0.2, 0.25) is 5.91 Å². The number of carbonyl (C=O) groups is 1. The topological polar surface area (TPSA) is 149 Å². The molecular formula is C18H34ClN2O8PSZn. The fraction of sp³-hybridized carbons (Fsp3) is 0.944. The van der Waals surface area contributed by atoms with Gasteiger partial charge in [-0.1, -0.05) is 13.3 Å². The molecule has 0 radical (unpaired) electrons. The molecule has 2 aliphatic heterocycles. The van der Waals surface area contributed by atoms with Crippen molar-refractivity contribution in [1.82, 2.24) is 10.2 Å². The minimum Gasteiger partial charge on any atom is -0.388 e. The van der Waals surface area contributed by atoms with Crippen molar-refractivity contribution >= 4 is 37.1 Å². The molecule has 2 aliphatic rings. The Morgan fingerprint density at radius 2 is 2.00 bits per heavy atom. The van der Waals surface area contributed by atoms with E-state index < -0.39 is 49.1 Å². The average Bonchev–Trinajstić information content (AvgIpc) is 3.03. The van der Waals surface area contributed by atoms with Crippen LogP contribution in [0.3, 0.4) is 0 Å². The van der Waals surface area contributed by atoms with E-state index in [4.69, 9.17) is 26.1 Å². The van der Waals surface area contributed by atoms with Crippen LogP contribution < -0.4 is 5.32 Å². The van der Waals surface area contributed by atoms with E-state index in [9.17, 15) is 19.6 Å². The quantitative estimate of drug-likeness (QED) is 0.151. The van der Waals surface area contributed by atoms with Gasteiger partial charge >= 0.3 is 7.82 Å². The van der Waals surface area contributed by atoms with Crippen molar-refractivity contribution in [3.05, 3.63) is 0 Å². The Bertz CT molecular complexity index is 660. The van der Waals surface area contributed by atoms with Crippen molar-refractivity contribution in [2.24, 2.45) is 5.92 Å². The molecular weight excluding hydrogens is 536 g/mol. The number of nitrogens with zero attached hydrogens (tertiary/aromatic N) is 1. The summed E-state index contributed by atoms with van der Waals surface area (Å²) < 4.78 is 21.7. The van der Waals surface area contributed by atoms with Gasteiger partial charge < -0.3 is 30.1 Å². The van der Waals surface area contributed by atoms with E-state index in [0.29, 0.717) is 5.92 Å². The molecule has 1 amide bonds. The number of ether oxygens (including phenoxy) is 1. The number of likely N-dealkylation sites (N-methyl/N-ethyl adjacent to an activating group) is 1. The minimum atomic E-state index is -4.93. The average molecular weight is 570 g/mol. The van der Waals surface area contributed by atoms with Crippen molar-refractivity contribution in [2.45, 2.75) is 80.4 Å². The zero-order chi connectivity index (χ0) is 23.5. The summed E-state index contributed by atoms with van der Waals surface area (Å²) in [4.78, 5) is 33.3. The fourth-order valence-corrected chi connectivity index (χ4v) is 5.93. The van der Waals surface area contributed by atoms with Crippen molar-refractivity contribution in [3.63, 3.8) is 0 Å². The van der Waals surface area contributed by atoms with Gasteiger partial charge in [-0.05, 0) is 39.0 Å². The number of carbonyl (C=O) groups excluding carboxylic acids is 1. The third-order valence-electron chi connectivity index (χ3n) is 5.87.